The van der Waals surface area contributed by atoms with Gasteiger partial charge in [-0.2, -0.15) is 5.26 Å². The summed E-state index contributed by atoms with van der Waals surface area (Å²) in [6.07, 6.45) is 0. The Bertz CT molecular complexity index is 843. The summed E-state index contributed by atoms with van der Waals surface area (Å²) >= 11 is 0. The van der Waals surface area contributed by atoms with E-state index in [0.29, 0.717) is 5.56 Å². The lowest BCUT2D eigenvalue weighted by molar-refractivity contribution is 0.509. The molecule has 0 saturated carbocycles. The molecule has 0 aromatic heterocycles. The number of nitriles is 1. The van der Waals surface area contributed by atoms with E-state index in [1.807, 2.05) is 6.07 Å². The molecule has 2 aromatic rings. The summed E-state index contributed by atoms with van der Waals surface area (Å²) in [7, 11) is -4.00. The summed E-state index contributed by atoms with van der Waals surface area (Å²) in [6, 6.07) is 8.74. The molecule has 2 aromatic carbocycles. The van der Waals surface area contributed by atoms with Crippen molar-refractivity contribution in [2.45, 2.75) is 11.8 Å². The van der Waals surface area contributed by atoms with E-state index in [0.717, 1.165) is 18.2 Å². The van der Waals surface area contributed by atoms with Gasteiger partial charge in [-0.1, -0.05) is 6.07 Å². The van der Waals surface area contributed by atoms with E-state index in [9.17, 15) is 17.2 Å². The third kappa shape index (κ3) is 3.17. The zero-order valence-corrected chi connectivity index (χ0v) is 11.7. The molecule has 2 rings (SSSR count). The highest BCUT2D eigenvalue weighted by Gasteiger charge is 2.18. The van der Waals surface area contributed by atoms with Crippen LogP contribution in [0.5, 0.6) is 0 Å². The van der Waals surface area contributed by atoms with Gasteiger partial charge in [0.05, 0.1) is 22.2 Å². The van der Waals surface area contributed by atoms with Crippen molar-refractivity contribution in [1.29, 1.82) is 5.26 Å². The lowest BCUT2D eigenvalue weighted by atomic mass is 10.2. The molecule has 1 N–H and O–H groups in total. The van der Waals surface area contributed by atoms with E-state index >= 15 is 0 Å². The van der Waals surface area contributed by atoms with Crippen molar-refractivity contribution in [2.75, 3.05) is 4.72 Å². The number of rotatable bonds is 3. The predicted molar refractivity (Wildman–Crippen MR) is 73.1 cm³/mol. The monoisotopic (exact) mass is 308 g/mol. The Morgan fingerprint density at radius 3 is 2.43 bits per heavy atom. The third-order valence-electron chi connectivity index (χ3n) is 2.78. The maximum absolute atomic E-state index is 13.1. The molecule has 0 atom stereocenters. The number of anilines is 1. The molecule has 0 aliphatic rings. The molecule has 0 unspecified atom stereocenters. The van der Waals surface area contributed by atoms with Crippen molar-refractivity contribution in [3.05, 3.63) is 59.2 Å². The molecule has 0 spiro atoms. The number of benzene rings is 2. The molecule has 0 amide bonds. The maximum Gasteiger partial charge on any atom is 0.262 e. The number of sulfonamides is 1. The standard InChI is InChI=1S/C14H10F2N2O2S/c1-9-2-3-10(8-17)6-14(9)21(19,20)18-11-4-5-12(15)13(16)7-11/h2-7,18H,1H3. The summed E-state index contributed by atoms with van der Waals surface area (Å²) < 4.78 is 52.6. The van der Waals surface area contributed by atoms with Crippen LogP contribution in [-0.2, 0) is 10.0 Å². The minimum atomic E-state index is -4.00. The van der Waals surface area contributed by atoms with Crippen LogP contribution in [0.4, 0.5) is 14.5 Å². The quantitative estimate of drug-likeness (QED) is 0.947. The van der Waals surface area contributed by atoms with Gasteiger partial charge in [0.15, 0.2) is 11.6 Å². The van der Waals surface area contributed by atoms with E-state index in [1.165, 1.54) is 18.2 Å². The number of nitrogens with one attached hydrogen (secondary N) is 1. The van der Waals surface area contributed by atoms with Gasteiger partial charge in [-0.15, -0.1) is 0 Å². The topological polar surface area (TPSA) is 70.0 Å². The van der Waals surface area contributed by atoms with Crippen LogP contribution in [0.15, 0.2) is 41.3 Å². The Balaban J connectivity index is 2.43. The maximum atomic E-state index is 13.1. The zero-order chi connectivity index (χ0) is 15.6. The Morgan fingerprint density at radius 1 is 1.10 bits per heavy atom. The van der Waals surface area contributed by atoms with Crippen molar-refractivity contribution in [2.24, 2.45) is 0 Å². The highest BCUT2D eigenvalue weighted by molar-refractivity contribution is 7.92. The van der Waals surface area contributed by atoms with Crippen LogP contribution < -0.4 is 4.72 Å². The lowest BCUT2D eigenvalue weighted by Crippen LogP contribution is -2.14. The van der Waals surface area contributed by atoms with E-state index in [4.69, 9.17) is 5.26 Å². The highest BCUT2D eigenvalue weighted by atomic mass is 32.2. The van der Waals surface area contributed by atoms with Crippen LogP contribution in [-0.4, -0.2) is 8.42 Å². The van der Waals surface area contributed by atoms with Crippen molar-refractivity contribution < 1.29 is 17.2 Å². The van der Waals surface area contributed by atoms with Gasteiger partial charge in [0.25, 0.3) is 10.0 Å². The van der Waals surface area contributed by atoms with Crippen LogP contribution in [0.1, 0.15) is 11.1 Å². The van der Waals surface area contributed by atoms with Gasteiger partial charge in [-0.25, -0.2) is 17.2 Å². The zero-order valence-electron chi connectivity index (χ0n) is 10.9. The SMILES string of the molecule is Cc1ccc(C#N)cc1S(=O)(=O)Nc1ccc(F)c(F)c1. The summed E-state index contributed by atoms with van der Waals surface area (Å²) in [5.74, 6) is -2.22. The predicted octanol–water partition coefficient (Wildman–Crippen LogP) is 2.95. The number of hydrogen-bond acceptors (Lipinski definition) is 3. The van der Waals surface area contributed by atoms with Gasteiger partial charge in [-0.3, -0.25) is 4.72 Å². The molecular formula is C14H10F2N2O2S. The molecule has 0 heterocycles. The second-order valence-corrected chi connectivity index (χ2v) is 5.98. The second kappa shape index (κ2) is 5.50. The molecule has 7 heteroatoms. The molecule has 0 bridgehead atoms. The van der Waals surface area contributed by atoms with Crippen molar-refractivity contribution >= 4 is 15.7 Å². The van der Waals surface area contributed by atoms with Gasteiger partial charge < -0.3 is 0 Å². The molecule has 4 nitrogen and oxygen atoms in total. The van der Waals surface area contributed by atoms with Crippen molar-refractivity contribution in [1.82, 2.24) is 0 Å². The Labute approximate surface area is 120 Å². The van der Waals surface area contributed by atoms with Crippen LogP contribution in [0.2, 0.25) is 0 Å². The van der Waals surface area contributed by atoms with Crippen LogP contribution in [0.3, 0.4) is 0 Å². The van der Waals surface area contributed by atoms with Crippen molar-refractivity contribution in [3.8, 4) is 6.07 Å². The Kier molecular flexibility index (Phi) is 3.91. The first-order chi connectivity index (χ1) is 9.83. The molecule has 0 saturated heterocycles. The first-order valence-corrected chi connectivity index (χ1v) is 7.30. The van der Waals surface area contributed by atoms with Crippen molar-refractivity contribution in [3.63, 3.8) is 0 Å². The van der Waals surface area contributed by atoms with Gasteiger partial charge in [0.2, 0.25) is 0 Å². The lowest BCUT2D eigenvalue weighted by Gasteiger charge is -2.10. The molecule has 0 aliphatic carbocycles. The summed E-state index contributed by atoms with van der Waals surface area (Å²) in [6.45, 7) is 1.57. The number of nitrogens with zero attached hydrogens (tertiary/aromatic N) is 1. The molecule has 108 valence electrons. The summed E-state index contributed by atoms with van der Waals surface area (Å²) in [5, 5.41) is 8.82. The first-order valence-electron chi connectivity index (χ1n) is 5.82. The third-order valence-corrected chi connectivity index (χ3v) is 4.30. The van der Waals surface area contributed by atoms with E-state index in [2.05, 4.69) is 4.72 Å². The molecule has 0 fully saturated rings. The first kappa shape index (κ1) is 14.9. The average molecular weight is 308 g/mol. The van der Waals surface area contributed by atoms with Crippen LogP contribution in [0, 0.1) is 29.9 Å². The molecule has 0 radical (unpaired) electrons. The highest BCUT2D eigenvalue weighted by Crippen LogP contribution is 2.21. The van der Waals surface area contributed by atoms with E-state index in [1.54, 1.807) is 6.92 Å². The fraction of sp³-hybridized carbons (Fsp3) is 0.0714. The largest absolute Gasteiger partial charge is 0.280 e. The van der Waals surface area contributed by atoms with Gasteiger partial charge in [0.1, 0.15) is 0 Å². The Hall–Kier alpha value is -2.46. The summed E-state index contributed by atoms with van der Waals surface area (Å²) in [5.41, 5.74) is 0.519. The van der Waals surface area contributed by atoms with Crippen LogP contribution >= 0.6 is 0 Å². The Morgan fingerprint density at radius 2 is 1.81 bits per heavy atom. The van der Waals surface area contributed by atoms with E-state index in [-0.39, 0.29) is 16.1 Å². The molecule has 0 aliphatic heterocycles. The number of halogens is 2. The number of aryl methyl sites for hydroxylation is 1. The van der Waals surface area contributed by atoms with Gasteiger partial charge >= 0.3 is 0 Å². The van der Waals surface area contributed by atoms with E-state index < -0.39 is 21.7 Å². The van der Waals surface area contributed by atoms with Gasteiger partial charge in [-0.05, 0) is 36.8 Å². The fourth-order valence-electron chi connectivity index (χ4n) is 1.73. The summed E-state index contributed by atoms with van der Waals surface area (Å²) in [4.78, 5) is -0.0914. The van der Waals surface area contributed by atoms with Gasteiger partial charge in [0, 0.05) is 6.07 Å². The normalized spacial score (nSPS) is 11.0. The minimum Gasteiger partial charge on any atom is -0.280 e. The second-order valence-electron chi connectivity index (χ2n) is 4.33. The minimum absolute atomic E-state index is 0.0914. The smallest absolute Gasteiger partial charge is 0.262 e. The average Bonchev–Trinajstić information content (AvgIpc) is 2.43. The van der Waals surface area contributed by atoms with Crippen LogP contribution in [0.25, 0.3) is 0 Å². The fourth-order valence-corrected chi connectivity index (χ4v) is 3.05. The molecule has 21 heavy (non-hydrogen) atoms. The molecular weight excluding hydrogens is 298 g/mol. The number of hydrogen-bond donors (Lipinski definition) is 1.